The van der Waals surface area contributed by atoms with Crippen molar-refractivity contribution in [3.05, 3.63) is 29.4 Å². The van der Waals surface area contributed by atoms with E-state index in [1.807, 2.05) is 13.8 Å². The van der Waals surface area contributed by atoms with E-state index in [1.54, 1.807) is 39.1 Å². The molecule has 1 saturated carbocycles. The van der Waals surface area contributed by atoms with Gasteiger partial charge in [0, 0.05) is 34.9 Å². The Morgan fingerprint density at radius 3 is 2.48 bits per heavy atom. The van der Waals surface area contributed by atoms with Crippen LogP contribution < -0.4 is 15.8 Å². The van der Waals surface area contributed by atoms with Crippen LogP contribution in [0.3, 0.4) is 0 Å². The first-order valence-corrected chi connectivity index (χ1v) is 13.5. The van der Waals surface area contributed by atoms with Crippen molar-refractivity contribution in [2.75, 3.05) is 5.73 Å². The lowest BCUT2D eigenvalue weighted by Gasteiger charge is -2.28. The van der Waals surface area contributed by atoms with Crippen molar-refractivity contribution in [3.63, 3.8) is 0 Å². The number of hydrogen-bond donors (Lipinski definition) is 3. The van der Waals surface area contributed by atoms with Crippen molar-refractivity contribution in [3.8, 4) is 10.4 Å². The highest BCUT2D eigenvalue weighted by molar-refractivity contribution is 7.89. The van der Waals surface area contributed by atoms with Gasteiger partial charge in [0.25, 0.3) is 0 Å². The smallest absolute Gasteiger partial charge is 0.407 e. The van der Waals surface area contributed by atoms with Crippen LogP contribution in [0, 0.1) is 0 Å². The van der Waals surface area contributed by atoms with E-state index in [0.717, 1.165) is 35.6 Å². The van der Waals surface area contributed by atoms with Crippen LogP contribution in [0.5, 0.6) is 0 Å². The zero-order valence-electron chi connectivity index (χ0n) is 19.8. The number of carbonyl (C=O) groups is 1. The number of alkyl carbamates (subject to hydrolysis) is 1. The molecule has 1 aliphatic rings. The molecule has 4 N–H and O–H groups in total. The molecule has 0 atom stereocenters. The lowest BCUT2D eigenvalue weighted by Crippen LogP contribution is -2.40. The van der Waals surface area contributed by atoms with Crippen LogP contribution in [0.15, 0.2) is 29.3 Å². The van der Waals surface area contributed by atoms with Crippen molar-refractivity contribution < 1.29 is 17.9 Å². The van der Waals surface area contributed by atoms with Gasteiger partial charge in [0.2, 0.25) is 10.0 Å². The van der Waals surface area contributed by atoms with Crippen LogP contribution in [0.2, 0.25) is 0 Å². The first kappa shape index (κ1) is 25.5. The Labute approximate surface area is 200 Å². The third-order valence-electron chi connectivity index (χ3n) is 5.27. The fraction of sp³-hybridized carbons (Fsp3) is 0.565. The summed E-state index contributed by atoms with van der Waals surface area (Å²) in [6, 6.07) is 5.04. The third kappa shape index (κ3) is 6.91. The molecule has 3 rings (SSSR count). The van der Waals surface area contributed by atoms with Gasteiger partial charge >= 0.3 is 6.09 Å². The average molecular weight is 495 g/mol. The number of nitrogens with one attached hydrogen (secondary N) is 2. The van der Waals surface area contributed by atoms with Crippen LogP contribution >= 0.6 is 11.3 Å². The number of rotatable bonds is 6. The number of ether oxygens (including phenoxy) is 1. The summed E-state index contributed by atoms with van der Waals surface area (Å²) < 4.78 is 34.0. The molecule has 10 heteroatoms. The molecule has 2 aromatic rings. The molecule has 1 aliphatic carbocycles. The van der Waals surface area contributed by atoms with E-state index >= 15 is 0 Å². The molecule has 182 valence electrons. The van der Waals surface area contributed by atoms with Crippen molar-refractivity contribution in [2.24, 2.45) is 0 Å². The van der Waals surface area contributed by atoms with E-state index in [1.165, 1.54) is 17.4 Å². The first-order valence-electron chi connectivity index (χ1n) is 11.2. The van der Waals surface area contributed by atoms with Crippen molar-refractivity contribution in [2.45, 2.75) is 88.8 Å². The summed E-state index contributed by atoms with van der Waals surface area (Å²) in [5.41, 5.74) is 6.28. The monoisotopic (exact) mass is 494 g/mol. The SMILES string of the molecule is CC(C)OC(=O)NC1CCC(c2ncc(-c3ccc(N)cc3S(=O)(=O)NC(C)(C)C)s2)CC1. The summed E-state index contributed by atoms with van der Waals surface area (Å²) in [5, 5.41) is 3.92. The average Bonchev–Trinajstić information content (AvgIpc) is 3.16. The van der Waals surface area contributed by atoms with Gasteiger partial charge < -0.3 is 15.8 Å². The number of amides is 1. The number of hydrogen-bond acceptors (Lipinski definition) is 7. The molecule has 1 heterocycles. The predicted octanol–water partition coefficient (Wildman–Crippen LogP) is 4.63. The second kappa shape index (κ2) is 9.99. The van der Waals surface area contributed by atoms with Gasteiger partial charge in [-0.3, -0.25) is 0 Å². The Hall–Kier alpha value is -2.17. The molecule has 0 radical (unpaired) electrons. The van der Waals surface area contributed by atoms with Gasteiger partial charge in [0.1, 0.15) is 0 Å². The molecular formula is C23H34N4O4S2. The van der Waals surface area contributed by atoms with Crippen molar-refractivity contribution in [1.82, 2.24) is 15.0 Å². The van der Waals surface area contributed by atoms with Crippen molar-refractivity contribution >= 4 is 33.1 Å². The van der Waals surface area contributed by atoms with Gasteiger partial charge in [-0.05, 0) is 72.4 Å². The number of benzene rings is 1. The molecule has 0 unspecified atom stereocenters. The van der Waals surface area contributed by atoms with E-state index in [0.29, 0.717) is 11.3 Å². The maximum Gasteiger partial charge on any atom is 0.407 e. The molecule has 1 aromatic heterocycles. The molecule has 0 aliphatic heterocycles. The number of nitrogen functional groups attached to an aromatic ring is 1. The lowest BCUT2D eigenvalue weighted by atomic mass is 9.86. The summed E-state index contributed by atoms with van der Waals surface area (Å²) in [5.74, 6) is 0.282. The number of nitrogens with two attached hydrogens (primary N) is 1. The third-order valence-corrected chi connectivity index (χ3v) is 8.26. The summed E-state index contributed by atoms with van der Waals surface area (Å²) >= 11 is 1.51. The van der Waals surface area contributed by atoms with Gasteiger partial charge in [-0.25, -0.2) is 22.9 Å². The van der Waals surface area contributed by atoms with Gasteiger partial charge in [0.05, 0.1) is 20.9 Å². The fourth-order valence-corrected chi connectivity index (χ4v) is 6.79. The zero-order valence-corrected chi connectivity index (χ0v) is 21.5. The second-order valence-corrected chi connectivity index (χ2v) is 12.5. The van der Waals surface area contributed by atoms with Gasteiger partial charge in [-0.2, -0.15) is 0 Å². The normalized spacial score (nSPS) is 19.5. The molecule has 8 nitrogen and oxygen atoms in total. The predicted molar refractivity (Wildman–Crippen MR) is 132 cm³/mol. The summed E-state index contributed by atoms with van der Waals surface area (Å²) in [6.45, 7) is 9.06. The van der Waals surface area contributed by atoms with Gasteiger partial charge in [-0.1, -0.05) is 6.07 Å². The molecule has 33 heavy (non-hydrogen) atoms. The van der Waals surface area contributed by atoms with E-state index in [2.05, 4.69) is 15.0 Å². The minimum Gasteiger partial charge on any atom is -0.447 e. The second-order valence-electron chi connectivity index (χ2n) is 9.82. The molecule has 1 aromatic carbocycles. The van der Waals surface area contributed by atoms with Crippen LogP contribution in [-0.4, -0.2) is 37.2 Å². The van der Waals surface area contributed by atoms with Crippen LogP contribution in [0.4, 0.5) is 10.5 Å². The summed E-state index contributed by atoms with van der Waals surface area (Å²) in [4.78, 5) is 17.4. The topological polar surface area (TPSA) is 123 Å². The minimum absolute atomic E-state index is 0.101. The summed E-state index contributed by atoms with van der Waals surface area (Å²) in [7, 11) is -3.77. The van der Waals surface area contributed by atoms with E-state index in [9.17, 15) is 13.2 Å². The summed E-state index contributed by atoms with van der Waals surface area (Å²) in [6.07, 6.45) is 4.73. The zero-order chi connectivity index (χ0) is 24.4. The Kier molecular flexibility index (Phi) is 7.70. The molecule has 1 fully saturated rings. The standard InChI is InChI=1S/C23H34N4O4S2/c1-14(2)31-22(28)26-17-9-6-15(7-10-17)21-25-13-19(32-21)18-11-8-16(24)12-20(18)33(29,30)27-23(3,4)5/h8,11-15,17,27H,6-7,9-10,24H2,1-5H3,(H,26,28). The number of anilines is 1. The Morgan fingerprint density at radius 1 is 1.21 bits per heavy atom. The maximum atomic E-state index is 13.1. The Balaban J connectivity index is 1.75. The number of sulfonamides is 1. The quantitative estimate of drug-likeness (QED) is 0.503. The van der Waals surface area contributed by atoms with Gasteiger partial charge in [0.15, 0.2) is 0 Å². The van der Waals surface area contributed by atoms with E-state index in [-0.39, 0.29) is 29.1 Å². The maximum absolute atomic E-state index is 13.1. The molecule has 0 saturated heterocycles. The van der Waals surface area contributed by atoms with Gasteiger partial charge in [-0.15, -0.1) is 11.3 Å². The number of carbonyl (C=O) groups excluding carboxylic acids is 1. The lowest BCUT2D eigenvalue weighted by molar-refractivity contribution is 0.109. The number of nitrogens with zero attached hydrogens (tertiary/aromatic N) is 1. The highest BCUT2D eigenvalue weighted by Gasteiger charge is 2.28. The number of aromatic nitrogens is 1. The largest absolute Gasteiger partial charge is 0.447 e. The Morgan fingerprint density at radius 2 is 1.88 bits per heavy atom. The highest BCUT2D eigenvalue weighted by atomic mass is 32.2. The molecule has 0 bridgehead atoms. The molecular weight excluding hydrogens is 460 g/mol. The minimum atomic E-state index is -3.77. The number of thiazole rings is 1. The Bertz CT molecular complexity index is 1080. The van der Waals surface area contributed by atoms with Crippen molar-refractivity contribution in [1.29, 1.82) is 0 Å². The van der Waals surface area contributed by atoms with E-state index in [4.69, 9.17) is 10.5 Å². The van der Waals surface area contributed by atoms with Crippen LogP contribution in [0.25, 0.3) is 10.4 Å². The van der Waals surface area contributed by atoms with Crippen LogP contribution in [-0.2, 0) is 14.8 Å². The van der Waals surface area contributed by atoms with Crippen LogP contribution in [0.1, 0.15) is 71.2 Å². The molecule has 0 spiro atoms. The first-order chi connectivity index (χ1) is 15.3. The fourth-order valence-electron chi connectivity index (χ4n) is 3.92. The molecule has 1 amide bonds. The van der Waals surface area contributed by atoms with E-state index < -0.39 is 15.6 Å². The highest BCUT2D eigenvalue weighted by Crippen LogP contribution is 2.39.